The summed E-state index contributed by atoms with van der Waals surface area (Å²) in [5, 5.41) is 13.1. The average molecular weight is 203 g/mol. The van der Waals surface area contributed by atoms with Crippen molar-refractivity contribution in [2.45, 2.75) is 37.1 Å². The van der Waals surface area contributed by atoms with Gasteiger partial charge >= 0.3 is 0 Å². The second-order valence-corrected chi connectivity index (χ2v) is 3.75. The first-order chi connectivity index (χ1) is 6.52. The van der Waals surface area contributed by atoms with Gasteiger partial charge in [0.2, 0.25) is 5.92 Å². The lowest BCUT2D eigenvalue weighted by molar-refractivity contribution is -0.0524. The topological polar surface area (TPSA) is 80.5 Å². The number of nitrogens with one attached hydrogen (secondary N) is 1. The second-order valence-electron chi connectivity index (χ2n) is 3.75. The van der Waals surface area contributed by atoms with E-state index in [4.69, 9.17) is 5.73 Å². The van der Waals surface area contributed by atoms with Crippen molar-refractivity contribution in [2.24, 2.45) is 5.73 Å². The van der Waals surface area contributed by atoms with Crippen LogP contribution in [0.2, 0.25) is 0 Å². The second kappa shape index (κ2) is 2.94. The van der Waals surface area contributed by atoms with Crippen LogP contribution in [0, 0.1) is 0 Å². The van der Waals surface area contributed by atoms with E-state index in [9.17, 15) is 8.78 Å². The van der Waals surface area contributed by atoms with Crippen LogP contribution in [0.5, 0.6) is 0 Å². The van der Waals surface area contributed by atoms with Gasteiger partial charge in [-0.2, -0.15) is 5.21 Å². The van der Waals surface area contributed by atoms with Crippen LogP contribution in [0.15, 0.2) is 0 Å². The zero-order valence-electron chi connectivity index (χ0n) is 7.50. The molecule has 0 amide bonds. The molecule has 0 atom stereocenters. The van der Waals surface area contributed by atoms with Gasteiger partial charge in [-0.05, 0) is 12.8 Å². The van der Waals surface area contributed by atoms with Gasteiger partial charge in [0.15, 0.2) is 5.82 Å². The Morgan fingerprint density at radius 3 is 2.36 bits per heavy atom. The highest BCUT2D eigenvalue weighted by molar-refractivity contribution is 5.04. The molecular weight excluding hydrogens is 192 g/mol. The molecule has 1 aliphatic rings. The molecule has 0 radical (unpaired) electrons. The standard InChI is InChI=1S/C7H11F2N5/c8-7(9)3-1-6(10,2-4-7)5-11-13-14-12-5/h1-4,10H2,(H,11,12,13,14). The van der Waals surface area contributed by atoms with Crippen LogP contribution in [0.25, 0.3) is 0 Å². The maximum Gasteiger partial charge on any atom is 0.248 e. The summed E-state index contributed by atoms with van der Waals surface area (Å²) in [5.41, 5.74) is 5.09. The average Bonchev–Trinajstić information content (AvgIpc) is 2.64. The van der Waals surface area contributed by atoms with Gasteiger partial charge in [-0.3, -0.25) is 0 Å². The number of rotatable bonds is 1. The third-order valence-electron chi connectivity index (χ3n) is 2.66. The normalized spacial score (nSPS) is 24.8. The molecule has 0 aliphatic heterocycles. The van der Waals surface area contributed by atoms with Crippen LogP contribution < -0.4 is 5.73 Å². The number of aromatic amines is 1. The molecular formula is C7H11F2N5. The molecule has 14 heavy (non-hydrogen) atoms. The van der Waals surface area contributed by atoms with Crippen molar-refractivity contribution in [3.8, 4) is 0 Å². The minimum atomic E-state index is -2.59. The molecule has 1 aromatic rings. The van der Waals surface area contributed by atoms with Gasteiger partial charge in [0, 0.05) is 12.8 Å². The smallest absolute Gasteiger partial charge is 0.248 e. The molecule has 0 saturated heterocycles. The van der Waals surface area contributed by atoms with Crippen LogP contribution >= 0.6 is 0 Å². The minimum Gasteiger partial charge on any atom is -0.319 e. The Morgan fingerprint density at radius 1 is 1.21 bits per heavy atom. The molecule has 1 aromatic heterocycles. The zero-order chi connectivity index (χ0) is 10.2. The Kier molecular flexibility index (Phi) is 1.99. The predicted octanol–water partition coefficient (Wildman–Crippen LogP) is 0.563. The lowest BCUT2D eigenvalue weighted by Crippen LogP contribution is -2.44. The number of H-pyrrole nitrogens is 1. The fourth-order valence-electron chi connectivity index (χ4n) is 1.66. The Labute approximate surface area is 79.1 Å². The summed E-state index contributed by atoms with van der Waals surface area (Å²) in [6.45, 7) is 0. The third kappa shape index (κ3) is 1.59. The Balaban J connectivity index is 2.13. The largest absolute Gasteiger partial charge is 0.319 e. The highest BCUT2D eigenvalue weighted by Crippen LogP contribution is 2.40. The Bertz CT molecular complexity index is 300. The number of alkyl halides is 2. The summed E-state index contributed by atoms with van der Waals surface area (Å²) in [7, 11) is 0. The first-order valence-corrected chi connectivity index (χ1v) is 4.43. The fraction of sp³-hybridized carbons (Fsp3) is 0.857. The first-order valence-electron chi connectivity index (χ1n) is 4.43. The van der Waals surface area contributed by atoms with Crippen LogP contribution in [-0.4, -0.2) is 26.5 Å². The number of tetrazole rings is 1. The van der Waals surface area contributed by atoms with E-state index in [0.29, 0.717) is 5.82 Å². The van der Waals surface area contributed by atoms with Crippen LogP contribution in [0.1, 0.15) is 31.5 Å². The molecule has 78 valence electrons. The molecule has 1 fully saturated rings. The fourth-order valence-corrected chi connectivity index (χ4v) is 1.66. The summed E-state index contributed by atoms with van der Waals surface area (Å²) in [6.07, 6.45) is -0.0326. The van der Waals surface area contributed by atoms with E-state index in [2.05, 4.69) is 20.6 Å². The molecule has 1 heterocycles. The highest BCUT2D eigenvalue weighted by Gasteiger charge is 2.44. The van der Waals surface area contributed by atoms with E-state index in [-0.39, 0.29) is 25.7 Å². The van der Waals surface area contributed by atoms with Crippen molar-refractivity contribution in [3.05, 3.63) is 5.82 Å². The molecule has 0 bridgehead atoms. The number of nitrogens with zero attached hydrogens (tertiary/aromatic N) is 3. The van der Waals surface area contributed by atoms with Gasteiger partial charge in [-0.25, -0.2) is 8.78 Å². The summed E-state index contributed by atoms with van der Waals surface area (Å²) in [5.74, 6) is -2.26. The van der Waals surface area contributed by atoms with Gasteiger partial charge < -0.3 is 5.73 Å². The Morgan fingerprint density at radius 2 is 1.86 bits per heavy atom. The molecule has 5 nitrogen and oxygen atoms in total. The van der Waals surface area contributed by atoms with E-state index in [1.807, 2.05) is 0 Å². The molecule has 1 saturated carbocycles. The number of hydrogen-bond donors (Lipinski definition) is 2. The van der Waals surface area contributed by atoms with Gasteiger partial charge in [0.1, 0.15) is 0 Å². The van der Waals surface area contributed by atoms with Gasteiger partial charge in [0.05, 0.1) is 5.54 Å². The van der Waals surface area contributed by atoms with Crippen molar-refractivity contribution in [3.63, 3.8) is 0 Å². The monoisotopic (exact) mass is 203 g/mol. The number of aromatic nitrogens is 4. The molecule has 7 heteroatoms. The SMILES string of the molecule is NC1(c2nn[nH]n2)CCC(F)(F)CC1. The number of hydrogen-bond acceptors (Lipinski definition) is 4. The maximum absolute atomic E-state index is 12.9. The number of halogens is 2. The van der Waals surface area contributed by atoms with E-state index < -0.39 is 11.5 Å². The van der Waals surface area contributed by atoms with Crippen molar-refractivity contribution in [1.29, 1.82) is 0 Å². The molecule has 0 aromatic carbocycles. The van der Waals surface area contributed by atoms with Crippen LogP contribution in [0.3, 0.4) is 0 Å². The van der Waals surface area contributed by atoms with Crippen molar-refractivity contribution < 1.29 is 8.78 Å². The third-order valence-corrected chi connectivity index (χ3v) is 2.66. The minimum absolute atomic E-state index is 0.194. The zero-order valence-corrected chi connectivity index (χ0v) is 7.50. The first kappa shape index (κ1) is 9.45. The van der Waals surface area contributed by atoms with Crippen molar-refractivity contribution in [2.75, 3.05) is 0 Å². The van der Waals surface area contributed by atoms with Crippen molar-refractivity contribution in [1.82, 2.24) is 20.6 Å². The van der Waals surface area contributed by atoms with Gasteiger partial charge in [-0.1, -0.05) is 5.21 Å². The van der Waals surface area contributed by atoms with E-state index in [1.165, 1.54) is 0 Å². The highest BCUT2D eigenvalue weighted by atomic mass is 19.3. The van der Waals surface area contributed by atoms with Gasteiger partial charge in [-0.15, -0.1) is 10.2 Å². The van der Waals surface area contributed by atoms with Crippen molar-refractivity contribution >= 4 is 0 Å². The lowest BCUT2D eigenvalue weighted by Gasteiger charge is -2.34. The molecule has 3 N–H and O–H groups in total. The molecule has 0 unspecified atom stereocenters. The van der Waals surface area contributed by atoms with E-state index in [0.717, 1.165) is 0 Å². The molecule has 2 rings (SSSR count). The van der Waals surface area contributed by atoms with Crippen LogP contribution in [0.4, 0.5) is 8.78 Å². The molecule has 1 aliphatic carbocycles. The summed E-state index contributed by atoms with van der Waals surface area (Å²) in [4.78, 5) is 0. The summed E-state index contributed by atoms with van der Waals surface area (Å²) in [6, 6.07) is 0. The van der Waals surface area contributed by atoms with E-state index >= 15 is 0 Å². The number of nitrogens with two attached hydrogens (primary N) is 1. The molecule has 0 spiro atoms. The summed E-state index contributed by atoms with van der Waals surface area (Å²) >= 11 is 0. The van der Waals surface area contributed by atoms with Gasteiger partial charge in [0.25, 0.3) is 0 Å². The van der Waals surface area contributed by atoms with E-state index in [1.54, 1.807) is 0 Å². The maximum atomic E-state index is 12.9. The van der Waals surface area contributed by atoms with Crippen LogP contribution in [-0.2, 0) is 5.54 Å². The Hall–Kier alpha value is -1.11. The summed E-state index contributed by atoms with van der Waals surface area (Å²) < 4.78 is 25.7. The lowest BCUT2D eigenvalue weighted by atomic mass is 9.80. The predicted molar refractivity (Wildman–Crippen MR) is 43.5 cm³/mol. The quantitative estimate of drug-likeness (QED) is 0.699.